The molecule has 118 valence electrons. The van der Waals surface area contributed by atoms with Crippen LogP contribution in [0.5, 0.6) is 0 Å². The minimum Gasteiger partial charge on any atom is -0.368 e. The monoisotopic (exact) mass is 312 g/mol. The highest BCUT2D eigenvalue weighted by molar-refractivity contribution is 7.99. The molecule has 3 N–H and O–H groups in total. The molecule has 0 atom stereocenters. The molecule has 1 fully saturated rings. The third-order valence-electron chi connectivity index (χ3n) is 3.37. The van der Waals surface area contributed by atoms with E-state index in [1.54, 1.807) is 0 Å². The zero-order valence-electron chi connectivity index (χ0n) is 12.7. The van der Waals surface area contributed by atoms with Gasteiger partial charge in [-0.05, 0) is 18.9 Å². The Hall–Kier alpha value is -1.28. The number of carbonyl (C=O) groups excluding carboxylic acids is 1. The molecular weight excluding hydrogens is 288 g/mol. The van der Waals surface area contributed by atoms with Gasteiger partial charge in [-0.1, -0.05) is 25.6 Å². The van der Waals surface area contributed by atoms with E-state index in [9.17, 15) is 4.79 Å². The number of nitrogen functional groups attached to an aromatic ring is 1. The number of rotatable bonds is 5. The molecule has 1 aliphatic rings. The number of aromatic nitrogens is 3. The number of thioether (sulfide) groups is 1. The van der Waals surface area contributed by atoms with E-state index in [0.29, 0.717) is 16.8 Å². The predicted molar refractivity (Wildman–Crippen MR) is 84.0 cm³/mol. The van der Waals surface area contributed by atoms with Crippen LogP contribution in [0.4, 0.5) is 5.95 Å². The number of hydrogen-bond acceptors (Lipinski definition) is 6. The van der Waals surface area contributed by atoms with Crippen molar-refractivity contribution >= 4 is 23.6 Å². The Morgan fingerprint density at radius 2 is 2.19 bits per heavy atom. The summed E-state index contributed by atoms with van der Waals surface area (Å²) in [6.45, 7) is 9.24. The van der Waals surface area contributed by atoms with Gasteiger partial charge in [-0.3, -0.25) is 4.79 Å². The average molecular weight is 312 g/mol. The summed E-state index contributed by atoms with van der Waals surface area (Å²) in [5, 5.41) is 7.01. The van der Waals surface area contributed by atoms with Crippen molar-refractivity contribution in [2.45, 2.75) is 25.4 Å². The van der Waals surface area contributed by atoms with Crippen LogP contribution in [0.15, 0.2) is 5.16 Å². The maximum absolute atomic E-state index is 12.2. The fraction of sp³-hybridized carbons (Fsp3) is 0.769. The highest BCUT2D eigenvalue weighted by Gasteiger charge is 2.20. The highest BCUT2D eigenvalue weighted by atomic mass is 32.2. The Balaban J connectivity index is 1.77. The quantitative estimate of drug-likeness (QED) is 0.777. The predicted octanol–water partition coefficient (Wildman–Crippen LogP) is 0.669. The standard InChI is InChI=1S/C13H24N6OS/c1-10(2)8-18-4-3-5-19(7-6-18)11(20)9-21-13-15-12(14)16-17-13/h10H,3-9H2,1-2H3,(H3,14,15,16,17). The Kier molecular flexibility index (Phi) is 5.86. The van der Waals surface area contributed by atoms with Gasteiger partial charge in [0.05, 0.1) is 5.75 Å². The second-order valence-corrected chi connectivity index (χ2v) is 6.66. The van der Waals surface area contributed by atoms with Crippen molar-refractivity contribution < 1.29 is 4.79 Å². The molecule has 2 rings (SSSR count). The third-order valence-corrected chi connectivity index (χ3v) is 4.20. The fourth-order valence-corrected chi connectivity index (χ4v) is 3.17. The van der Waals surface area contributed by atoms with Crippen LogP contribution in [-0.2, 0) is 4.79 Å². The topological polar surface area (TPSA) is 91.1 Å². The first-order valence-corrected chi connectivity index (χ1v) is 8.34. The second kappa shape index (κ2) is 7.65. The lowest BCUT2D eigenvalue weighted by Crippen LogP contribution is -2.37. The molecule has 0 aliphatic carbocycles. The van der Waals surface area contributed by atoms with E-state index in [1.165, 1.54) is 11.8 Å². The van der Waals surface area contributed by atoms with Crippen molar-refractivity contribution in [2.24, 2.45) is 5.92 Å². The molecule has 8 heteroatoms. The van der Waals surface area contributed by atoms with Gasteiger partial charge in [0.25, 0.3) is 0 Å². The van der Waals surface area contributed by atoms with Crippen LogP contribution in [-0.4, -0.2) is 69.4 Å². The van der Waals surface area contributed by atoms with Gasteiger partial charge < -0.3 is 15.5 Å². The lowest BCUT2D eigenvalue weighted by atomic mass is 10.2. The van der Waals surface area contributed by atoms with Gasteiger partial charge in [0.15, 0.2) is 0 Å². The summed E-state index contributed by atoms with van der Waals surface area (Å²) in [4.78, 5) is 20.6. The molecule has 0 radical (unpaired) electrons. The summed E-state index contributed by atoms with van der Waals surface area (Å²) >= 11 is 1.32. The van der Waals surface area contributed by atoms with Crippen LogP contribution in [0.3, 0.4) is 0 Å². The number of nitrogens with two attached hydrogens (primary N) is 1. The Morgan fingerprint density at radius 3 is 2.86 bits per heavy atom. The molecule has 0 saturated carbocycles. The van der Waals surface area contributed by atoms with E-state index in [0.717, 1.165) is 39.1 Å². The number of nitrogens with zero attached hydrogens (tertiary/aromatic N) is 4. The Morgan fingerprint density at radius 1 is 1.38 bits per heavy atom. The number of hydrogen-bond donors (Lipinski definition) is 2. The van der Waals surface area contributed by atoms with Crippen LogP contribution in [0.25, 0.3) is 0 Å². The van der Waals surface area contributed by atoms with Crippen LogP contribution in [0.1, 0.15) is 20.3 Å². The lowest BCUT2D eigenvalue weighted by molar-refractivity contribution is -0.128. The average Bonchev–Trinajstić information content (AvgIpc) is 2.70. The van der Waals surface area contributed by atoms with Gasteiger partial charge in [0.2, 0.25) is 17.0 Å². The van der Waals surface area contributed by atoms with Gasteiger partial charge in [-0.2, -0.15) is 4.98 Å². The second-order valence-electron chi connectivity index (χ2n) is 5.72. The first kappa shape index (κ1) is 16.1. The molecule has 2 heterocycles. The zero-order valence-corrected chi connectivity index (χ0v) is 13.5. The van der Waals surface area contributed by atoms with E-state index < -0.39 is 0 Å². The summed E-state index contributed by atoms with van der Waals surface area (Å²) in [7, 11) is 0. The maximum Gasteiger partial charge on any atom is 0.233 e. The summed E-state index contributed by atoms with van der Waals surface area (Å²) in [6, 6.07) is 0. The molecule has 1 aliphatic heterocycles. The van der Waals surface area contributed by atoms with E-state index in [2.05, 4.69) is 33.9 Å². The Bertz CT molecular complexity index is 463. The van der Waals surface area contributed by atoms with Crippen LogP contribution < -0.4 is 5.73 Å². The number of anilines is 1. The van der Waals surface area contributed by atoms with Crippen molar-refractivity contribution in [3.8, 4) is 0 Å². The molecule has 1 aromatic heterocycles. The van der Waals surface area contributed by atoms with Crippen molar-refractivity contribution in [1.29, 1.82) is 0 Å². The summed E-state index contributed by atoms with van der Waals surface area (Å²) in [6.07, 6.45) is 1.04. The molecular formula is C13H24N6OS. The number of aromatic amines is 1. The molecule has 0 bridgehead atoms. The fourth-order valence-electron chi connectivity index (χ4n) is 2.46. The third kappa shape index (κ3) is 5.20. The number of amides is 1. The highest BCUT2D eigenvalue weighted by Crippen LogP contribution is 2.14. The maximum atomic E-state index is 12.2. The van der Waals surface area contributed by atoms with E-state index in [-0.39, 0.29) is 11.9 Å². The molecule has 0 unspecified atom stereocenters. The van der Waals surface area contributed by atoms with Gasteiger partial charge in [-0.15, -0.1) is 5.10 Å². The van der Waals surface area contributed by atoms with Crippen molar-refractivity contribution in [3.63, 3.8) is 0 Å². The minimum absolute atomic E-state index is 0.148. The van der Waals surface area contributed by atoms with E-state index >= 15 is 0 Å². The van der Waals surface area contributed by atoms with Crippen molar-refractivity contribution in [3.05, 3.63) is 0 Å². The lowest BCUT2D eigenvalue weighted by Gasteiger charge is -2.23. The first-order chi connectivity index (χ1) is 10.0. The Labute approximate surface area is 129 Å². The van der Waals surface area contributed by atoms with Gasteiger partial charge in [-0.25, -0.2) is 5.10 Å². The molecule has 0 spiro atoms. The van der Waals surface area contributed by atoms with E-state index in [4.69, 9.17) is 5.73 Å². The largest absolute Gasteiger partial charge is 0.368 e. The number of nitrogens with one attached hydrogen (secondary N) is 1. The summed E-state index contributed by atoms with van der Waals surface area (Å²) < 4.78 is 0. The molecule has 1 saturated heterocycles. The minimum atomic E-state index is 0.148. The smallest absolute Gasteiger partial charge is 0.233 e. The molecule has 1 amide bonds. The van der Waals surface area contributed by atoms with Gasteiger partial charge in [0.1, 0.15) is 0 Å². The van der Waals surface area contributed by atoms with Crippen LogP contribution in [0.2, 0.25) is 0 Å². The normalized spacial score (nSPS) is 17.2. The van der Waals surface area contributed by atoms with Crippen LogP contribution >= 0.6 is 11.8 Å². The van der Waals surface area contributed by atoms with Crippen molar-refractivity contribution in [2.75, 3.05) is 44.2 Å². The molecule has 1 aromatic rings. The SMILES string of the molecule is CC(C)CN1CCCN(C(=O)CSc2n[nH]c(N)n2)CC1. The first-order valence-electron chi connectivity index (χ1n) is 7.35. The molecule has 7 nitrogen and oxygen atoms in total. The summed E-state index contributed by atoms with van der Waals surface area (Å²) in [5.41, 5.74) is 5.46. The molecule has 0 aromatic carbocycles. The van der Waals surface area contributed by atoms with Crippen molar-refractivity contribution in [1.82, 2.24) is 25.0 Å². The van der Waals surface area contributed by atoms with Gasteiger partial charge >= 0.3 is 0 Å². The number of carbonyl (C=O) groups is 1. The zero-order chi connectivity index (χ0) is 15.2. The van der Waals surface area contributed by atoms with E-state index in [1.807, 2.05) is 4.90 Å². The van der Waals surface area contributed by atoms with Crippen LogP contribution in [0, 0.1) is 5.92 Å². The summed E-state index contributed by atoms with van der Waals surface area (Å²) in [5.74, 6) is 1.46. The molecule has 21 heavy (non-hydrogen) atoms. The number of H-pyrrole nitrogens is 1. The van der Waals surface area contributed by atoms with Gasteiger partial charge in [0, 0.05) is 26.2 Å².